The average molecular weight is 276 g/mol. The van der Waals surface area contributed by atoms with E-state index in [0.717, 1.165) is 17.7 Å². The Morgan fingerprint density at radius 1 is 1.30 bits per heavy atom. The molecule has 1 rings (SSSR count). The van der Waals surface area contributed by atoms with E-state index in [2.05, 4.69) is 19.2 Å². The Bertz CT molecular complexity index is 469. The minimum absolute atomic E-state index is 0.0664. The molecule has 2 amide bonds. The molecule has 0 saturated carbocycles. The van der Waals surface area contributed by atoms with Crippen molar-refractivity contribution in [2.75, 3.05) is 18.0 Å². The SMILES string of the molecule is CC(=O)N(CC(=O)NCCC(C)C)c1cccc(C)c1. The van der Waals surface area contributed by atoms with Crippen LogP contribution in [0.2, 0.25) is 0 Å². The molecular weight excluding hydrogens is 252 g/mol. The number of aryl methyl sites for hydroxylation is 1. The molecule has 0 radical (unpaired) electrons. The normalized spacial score (nSPS) is 10.4. The maximum Gasteiger partial charge on any atom is 0.240 e. The highest BCUT2D eigenvalue weighted by atomic mass is 16.2. The zero-order valence-electron chi connectivity index (χ0n) is 12.8. The van der Waals surface area contributed by atoms with E-state index in [0.29, 0.717) is 12.5 Å². The van der Waals surface area contributed by atoms with Gasteiger partial charge in [0.1, 0.15) is 6.54 Å². The van der Waals surface area contributed by atoms with Gasteiger partial charge in [0.25, 0.3) is 0 Å². The van der Waals surface area contributed by atoms with Crippen LogP contribution < -0.4 is 10.2 Å². The quantitative estimate of drug-likeness (QED) is 0.868. The lowest BCUT2D eigenvalue weighted by molar-refractivity contribution is -0.123. The maximum atomic E-state index is 11.9. The highest BCUT2D eigenvalue weighted by molar-refractivity contribution is 5.97. The first-order valence-electron chi connectivity index (χ1n) is 7.01. The fourth-order valence-corrected chi connectivity index (χ4v) is 1.88. The van der Waals surface area contributed by atoms with Crippen molar-refractivity contribution < 1.29 is 9.59 Å². The van der Waals surface area contributed by atoms with Crippen molar-refractivity contribution in [1.29, 1.82) is 0 Å². The number of rotatable bonds is 6. The van der Waals surface area contributed by atoms with Crippen LogP contribution in [0.1, 0.15) is 32.8 Å². The van der Waals surface area contributed by atoms with E-state index in [1.165, 1.54) is 11.8 Å². The topological polar surface area (TPSA) is 49.4 Å². The molecule has 4 heteroatoms. The van der Waals surface area contributed by atoms with Crippen molar-refractivity contribution in [3.63, 3.8) is 0 Å². The average Bonchev–Trinajstić information content (AvgIpc) is 2.35. The van der Waals surface area contributed by atoms with Crippen molar-refractivity contribution in [3.05, 3.63) is 29.8 Å². The first-order valence-corrected chi connectivity index (χ1v) is 7.01. The van der Waals surface area contributed by atoms with E-state index in [1.54, 1.807) is 0 Å². The molecule has 4 nitrogen and oxygen atoms in total. The number of amides is 2. The molecule has 0 bridgehead atoms. The van der Waals surface area contributed by atoms with Crippen LogP contribution in [0.5, 0.6) is 0 Å². The van der Waals surface area contributed by atoms with Gasteiger partial charge in [-0.3, -0.25) is 9.59 Å². The number of nitrogens with zero attached hydrogens (tertiary/aromatic N) is 1. The van der Waals surface area contributed by atoms with E-state index < -0.39 is 0 Å². The Morgan fingerprint density at radius 3 is 2.55 bits per heavy atom. The zero-order chi connectivity index (χ0) is 15.1. The molecule has 0 aliphatic rings. The summed E-state index contributed by atoms with van der Waals surface area (Å²) < 4.78 is 0. The zero-order valence-corrected chi connectivity index (χ0v) is 12.8. The van der Waals surface area contributed by atoms with Gasteiger partial charge < -0.3 is 10.2 Å². The van der Waals surface area contributed by atoms with Gasteiger partial charge >= 0.3 is 0 Å². The number of nitrogens with one attached hydrogen (secondary N) is 1. The highest BCUT2D eigenvalue weighted by Crippen LogP contribution is 2.15. The van der Waals surface area contributed by atoms with Crippen LogP contribution in [0.25, 0.3) is 0 Å². The summed E-state index contributed by atoms with van der Waals surface area (Å²) in [6.45, 7) is 8.38. The fourth-order valence-electron chi connectivity index (χ4n) is 1.88. The third-order valence-electron chi connectivity index (χ3n) is 3.04. The minimum atomic E-state index is -0.130. The largest absolute Gasteiger partial charge is 0.355 e. The Kier molecular flexibility index (Phi) is 6.22. The maximum absolute atomic E-state index is 11.9. The standard InChI is InChI=1S/C16H24N2O2/c1-12(2)8-9-17-16(20)11-18(14(4)19)15-7-5-6-13(3)10-15/h5-7,10,12H,8-9,11H2,1-4H3,(H,17,20). The molecule has 0 aliphatic carbocycles. The summed E-state index contributed by atoms with van der Waals surface area (Å²) in [5.41, 5.74) is 1.82. The molecule has 1 N–H and O–H groups in total. The Labute approximate surface area is 121 Å². The molecule has 0 atom stereocenters. The van der Waals surface area contributed by atoms with Gasteiger partial charge in [-0.15, -0.1) is 0 Å². The molecule has 0 heterocycles. The summed E-state index contributed by atoms with van der Waals surface area (Å²) in [5, 5.41) is 2.85. The molecule has 1 aromatic rings. The molecule has 0 aliphatic heterocycles. The van der Waals surface area contributed by atoms with Crippen molar-refractivity contribution in [1.82, 2.24) is 5.32 Å². The predicted octanol–water partition coefficient (Wildman–Crippen LogP) is 2.51. The van der Waals surface area contributed by atoms with Gasteiger partial charge in [-0.25, -0.2) is 0 Å². The van der Waals surface area contributed by atoms with Gasteiger partial charge in [0.2, 0.25) is 11.8 Å². The third-order valence-corrected chi connectivity index (χ3v) is 3.04. The number of hydrogen-bond donors (Lipinski definition) is 1. The molecule has 0 spiro atoms. The smallest absolute Gasteiger partial charge is 0.240 e. The third kappa shape index (κ3) is 5.43. The number of anilines is 1. The number of benzene rings is 1. The molecule has 110 valence electrons. The van der Waals surface area contributed by atoms with E-state index in [4.69, 9.17) is 0 Å². The van der Waals surface area contributed by atoms with Gasteiger partial charge in [0, 0.05) is 19.2 Å². The monoisotopic (exact) mass is 276 g/mol. The van der Waals surface area contributed by atoms with Crippen LogP contribution in [0.3, 0.4) is 0 Å². The number of carbonyl (C=O) groups excluding carboxylic acids is 2. The first-order chi connectivity index (χ1) is 9.40. The summed E-state index contributed by atoms with van der Waals surface area (Å²) in [6, 6.07) is 7.60. The second-order valence-corrected chi connectivity index (χ2v) is 5.48. The lowest BCUT2D eigenvalue weighted by Gasteiger charge is -2.21. The van der Waals surface area contributed by atoms with Gasteiger partial charge in [-0.05, 0) is 37.0 Å². The molecule has 1 aromatic carbocycles. The van der Waals surface area contributed by atoms with Gasteiger partial charge in [0.15, 0.2) is 0 Å². The Morgan fingerprint density at radius 2 is 2.00 bits per heavy atom. The summed E-state index contributed by atoms with van der Waals surface area (Å²) in [7, 11) is 0. The fraction of sp³-hybridized carbons (Fsp3) is 0.500. The lowest BCUT2D eigenvalue weighted by atomic mass is 10.1. The van der Waals surface area contributed by atoms with Crippen molar-refractivity contribution >= 4 is 17.5 Å². The molecule has 0 saturated heterocycles. The van der Waals surface area contributed by atoms with Crippen molar-refractivity contribution in [2.45, 2.75) is 34.1 Å². The molecule has 0 unspecified atom stereocenters. The van der Waals surface area contributed by atoms with Crippen LogP contribution in [0, 0.1) is 12.8 Å². The van der Waals surface area contributed by atoms with Crippen LogP contribution in [-0.2, 0) is 9.59 Å². The highest BCUT2D eigenvalue weighted by Gasteiger charge is 2.15. The predicted molar refractivity (Wildman–Crippen MR) is 81.7 cm³/mol. The van der Waals surface area contributed by atoms with Crippen LogP contribution in [-0.4, -0.2) is 24.9 Å². The number of hydrogen-bond acceptors (Lipinski definition) is 2. The summed E-state index contributed by atoms with van der Waals surface area (Å²) >= 11 is 0. The van der Waals surface area contributed by atoms with Gasteiger partial charge in [-0.2, -0.15) is 0 Å². The van der Waals surface area contributed by atoms with E-state index in [9.17, 15) is 9.59 Å². The first kappa shape index (κ1) is 16.2. The van der Waals surface area contributed by atoms with Gasteiger partial charge in [-0.1, -0.05) is 26.0 Å². The molecule has 0 fully saturated rings. The molecule has 0 aromatic heterocycles. The van der Waals surface area contributed by atoms with Crippen LogP contribution in [0.15, 0.2) is 24.3 Å². The van der Waals surface area contributed by atoms with Crippen molar-refractivity contribution in [2.24, 2.45) is 5.92 Å². The summed E-state index contributed by atoms with van der Waals surface area (Å²) in [5.74, 6) is 0.299. The lowest BCUT2D eigenvalue weighted by Crippen LogP contribution is -2.40. The Hall–Kier alpha value is -1.84. The second-order valence-electron chi connectivity index (χ2n) is 5.48. The van der Waals surface area contributed by atoms with Gasteiger partial charge in [0.05, 0.1) is 0 Å². The number of carbonyl (C=O) groups is 2. The van der Waals surface area contributed by atoms with E-state index in [-0.39, 0.29) is 18.4 Å². The van der Waals surface area contributed by atoms with Crippen LogP contribution >= 0.6 is 0 Å². The van der Waals surface area contributed by atoms with Crippen LogP contribution in [0.4, 0.5) is 5.69 Å². The Balaban J connectivity index is 2.64. The summed E-state index contributed by atoms with van der Waals surface area (Å²) in [4.78, 5) is 25.1. The minimum Gasteiger partial charge on any atom is -0.355 e. The van der Waals surface area contributed by atoms with E-state index >= 15 is 0 Å². The van der Waals surface area contributed by atoms with E-state index in [1.807, 2.05) is 31.2 Å². The van der Waals surface area contributed by atoms with Crippen molar-refractivity contribution in [3.8, 4) is 0 Å². The summed E-state index contributed by atoms with van der Waals surface area (Å²) in [6.07, 6.45) is 0.941. The second kappa shape index (κ2) is 7.68. The molecule has 20 heavy (non-hydrogen) atoms. The molecular formula is C16H24N2O2.